The van der Waals surface area contributed by atoms with E-state index in [2.05, 4.69) is 6.07 Å². The summed E-state index contributed by atoms with van der Waals surface area (Å²) >= 11 is 1.25. The van der Waals surface area contributed by atoms with Gasteiger partial charge in [-0.3, -0.25) is 0 Å². The van der Waals surface area contributed by atoms with Crippen LogP contribution < -0.4 is 4.74 Å². The number of thiophene rings is 1. The van der Waals surface area contributed by atoms with Gasteiger partial charge >= 0.3 is 5.97 Å². The minimum atomic E-state index is -0.971. The van der Waals surface area contributed by atoms with Gasteiger partial charge in [-0.1, -0.05) is 26.0 Å². The molecule has 0 aliphatic rings. The standard InChI is InChI=1S/C16H15NO3S/c1-10(2)14-7-13(15(21-14)16(18)19)20-9-12-5-3-11(8-17)4-6-12/h3-7,10H,9H2,1-2H3,(H,18,19). The van der Waals surface area contributed by atoms with E-state index in [1.807, 2.05) is 13.8 Å². The number of nitrogens with zero attached hydrogens (tertiary/aromatic N) is 1. The second kappa shape index (κ2) is 6.42. The van der Waals surface area contributed by atoms with E-state index in [9.17, 15) is 9.90 Å². The van der Waals surface area contributed by atoms with Crippen LogP contribution in [0.25, 0.3) is 0 Å². The van der Waals surface area contributed by atoms with E-state index in [0.717, 1.165) is 10.4 Å². The molecule has 1 heterocycles. The molecular formula is C16H15NO3S. The van der Waals surface area contributed by atoms with Gasteiger partial charge in [-0.05, 0) is 29.7 Å². The predicted octanol–water partition coefficient (Wildman–Crippen LogP) is 4.02. The van der Waals surface area contributed by atoms with Crippen molar-refractivity contribution in [2.75, 3.05) is 0 Å². The highest BCUT2D eigenvalue weighted by molar-refractivity contribution is 7.14. The molecule has 0 aliphatic heterocycles. The van der Waals surface area contributed by atoms with Gasteiger partial charge in [-0.2, -0.15) is 5.26 Å². The highest BCUT2D eigenvalue weighted by atomic mass is 32.1. The smallest absolute Gasteiger partial charge is 0.349 e. The third-order valence-electron chi connectivity index (χ3n) is 2.96. The third-order valence-corrected chi connectivity index (χ3v) is 4.36. The van der Waals surface area contributed by atoms with Gasteiger partial charge in [0.1, 0.15) is 12.4 Å². The fourth-order valence-electron chi connectivity index (χ4n) is 1.77. The second-order valence-electron chi connectivity index (χ2n) is 4.90. The van der Waals surface area contributed by atoms with Crippen molar-refractivity contribution in [1.82, 2.24) is 0 Å². The first kappa shape index (κ1) is 15.1. The van der Waals surface area contributed by atoms with Crippen LogP contribution in [0.2, 0.25) is 0 Å². The van der Waals surface area contributed by atoms with E-state index in [0.29, 0.717) is 11.3 Å². The number of carboxylic acids is 1. The van der Waals surface area contributed by atoms with Crippen molar-refractivity contribution in [3.05, 3.63) is 51.2 Å². The monoisotopic (exact) mass is 301 g/mol. The van der Waals surface area contributed by atoms with Crippen LogP contribution in [0.3, 0.4) is 0 Å². The molecule has 1 aromatic carbocycles. The number of rotatable bonds is 5. The summed E-state index contributed by atoms with van der Waals surface area (Å²) in [7, 11) is 0. The van der Waals surface area contributed by atoms with Gasteiger partial charge in [0.25, 0.3) is 0 Å². The summed E-state index contributed by atoms with van der Waals surface area (Å²) in [5, 5.41) is 18.0. The predicted molar refractivity (Wildman–Crippen MR) is 80.9 cm³/mol. The molecule has 2 rings (SSSR count). The van der Waals surface area contributed by atoms with Gasteiger partial charge in [0.15, 0.2) is 4.88 Å². The minimum absolute atomic E-state index is 0.229. The van der Waals surface area contributed by atoms with Gasteiger partial charge < -0.3 is 9.84 Å². The van der Waals surface area contributed by atoms with E-state index in [4.69, 9.17) is 10.00 Å². The first-order chi connectivity index (χ1) is 10.0. The Hall–Kier alpha value is -2.32. The van der Waals surface area contributed by atoms with Gasteiger partial charge in [0.05, 0.1) is 11.6 Å². The number of carbonyl (C=O) groups is 1. The molecule has 0 saturated heterocycles. The Morgan fingerprint density at radius 2 is 2.05 bits per heavy atom. The number of hydrogen-bond acceptors (Lipinski definition) is 4. The Balaban J connectivity index is 2.15. The Bertz CT molecular complexity index is 681. The topological polar surface area (TPSA) is 70.3 Å². The maximum Gasteiger partial charge on any atom is 0.349 e. The molecule has 0 fully saturated rings. The highest BCUT2D eigenvalue weighted by Crippen LogP contribution is 2.34. The molecule has 0 bridgehead atoms. The Labute approximate surface area is 127 Å². The van der Waals surface area contributed by atoms with Crippen molar-refractivity contribution in [1.29, 1.82) is 5.26 Å². The SMILES string of the molecule is CC(C)c1cc(OCc2ccc(C#N)cc2)c(C(=O)O)s1. The lowest BCUT2D eigenvalue weighted by Crippen LogP contribution is -2.00. The summed E-state index contributed by atoms with van der Waals surface area (Å²) in [5.41, 5.74) is 1.48. The minimum Gasteiger partial charge on any atom is -0.487 e. The van der Waals surface area contributed by atoms with Crippen LogP contribution in [-0.2, 0) is 6.61 Å². The van der Waals surface area contributed by atoms with Crippen molar-refractivity contribution < 1.29 is 14.6 Å². The van der Waals surface area contributed by atoms with Gasteiger partial charge in [-0.15, -0.1) is 11.3 Å². The van der Waals surface area contributed by atoms with Crippen molar-refractivity contribution in [3.63, 3.8) is 0 Å². The second-order valence-corrected chi connectivity index (χ2v) is 5.98. The number of carboxylic acid groups (broad SMARTS) is 1. The molecular weight excluding hydrogens is 286 g/mol. The van der Waals surface area contributed by atoms with Gasteiger partial charge in [-0.25, -0.2) is 4.79 Å². The Morgan fingerprint density at radius 1 is 1.38 bits per heavy atom. The van der Waals surface area contributed by atoms with Crippen molar-refractivity contribution in [2.24, 2.45) is 0 Å². The zero-order chi connectivity index (χ0) is 15.4. The summed E-state index contributed by atoms with van der Waals surface area (Å²) in [6.07, 6.45) is 0. The molecule has 5 heteroatoms. The van der Waals surface area contributed by atoms with Crippen LogP contribution in [0, 0.1) is 11.3 Å². The lowest BCUT2D eigenvalue weighted by atomic mass is 10.1. The van der Waals surface area contributed by atoms with Gasteiger partial charge in [0, 0.05) is 4.88 Å². The van der Waals surface area contributed by atoms with Crippen molar-refractivity contribution >= 4 is 17.3 Å². The average molecular weight is 301 g/mol. The molecule has 0 radical (unpaired) electrons. The number of nitriles is 1. The van der Waals surface area contributed by atoms with E-state index in [1.165, 1.54) is 11.3 Å². The normalized spacial score (nSPS) is 10.4. The van der Waals surface area contributed by atoms with E-state index in [-0.39, 0.29) is 17.4 Å². The molecule has 0 amide bonds. The summed E-state index contributed by atoms with van der Waals surface area (Å²) in [4.78, 5) is 12.5. The highest BCUT2D eigenvalue weighted by Gasteiger charge is 2.18. The largest absolute Gasteiger partial charge is 0.487 e. The molecule has 1 N–H and O–H groups in total. The molecule has 0 aliphatic carbocycles. The van der Waals surface area contributed by atoms with Gasteiger partial charge in [0.2, 0.25) is 0 Å². The van der Waals surface area contributed by atoms with E-state index < -0.39 is 5.97 Å². The van der Waals surface area contributed by atoms with Crippen molar-refractivity contribution in [3.8, 4) is 11.8 Å². The van der Waals surface area contributed by atoms with E-state index >= 15 is 0 Å². The van der Waals surface area contributed by atoms with Crippen molar-refractivity contribution in [2.45, 2.75) is 26.4 Å². The van der Waals surface area contributed by atoms with Crippen LogP contribution >= 0.6 is 11.3 Å². The lowest BCUT2D eigenvalue weighted by molar-refractivity contribution is 0.0697. The number of aromatic carboxylic acids is 1. The van der Waals surface area contributed by atoms with Crippen LogP contribution in [-0.4, -0.2) is 11.1 Å². The zero-order valence-corrected chi connectivity index (χ0v) is 12.6. The number of hydrogen-bond donors (Lipinski definition) is 1. The Kier molecular flexibility index (Phi) is 4.61. The first-order valence-electron chi connectivity index (χ1n) is 6.50. The quantitative estimate of drug-likeness (QED) is 0.905. The summed E-state index contributed by atoms with van der Waals surface area (Å²) < 4.78 is 5.64. The molecule has 0 unspecified atom stereocenters. The molecule has 0 spiro atoms. The molecule has 0 saturated carbocycles. The van der Waals surface area contributed by atoms with Crippen LogP contribution in [0.4, 0.5) is 0 Å². The maximum atomic E-state index is 11.2. The molecule has 21 heavy (non-hydrogen) atoms. The van der Waals surface area contributed by atoms with Crippen LogP contribution in [0.1, 0.15) is 45.4 Å². The van der Waals surface area contributed by atoms with E-state index in [1.54, 1.807) is 30.3 Å². The van der Waals surface area contributed by atoms with Crippen LogP contribution in [0.5, 0.6) is 5.75 Å². The summed E-state index contributed by atoms with van der Waals surface area (Å²) in [5.74, 6) is -0.303. The molecule has 2 aromatic rings. The Morgan fingerprint density at radius 3 is 2.57 bits per heavy atom. The first-order valence-corrected chi connectivity index (χ1v) is 7.31. The lowest BCUT2D eigenvalue weighted by Gasteiger charge is -2.05. The molecule has 0 atom stereocenters. The maximum absolute atomic E-state index is 11.2. The molecule has 4 nitrogen and oxygen atoms in total. The number of ether oxygens (including phenoxy) is 1. The zero-order valence-electron chi connectivity index (χ0n) is 11.8. The molecule has 1 aromatic heterocycles. The van der Waals surface area contributed by atoms with Crippen LogP contribution in [0.15, 0.2) is 30.3 Å². The molecule has 108 valence electrons. The fraction of sp³-hybridized carbons (Fsp3) is 0.250. The third kappa shape index (κ3) is 3.61. The average Bonchev–Trinajstić information content (AvgIpc) is 2.90. The summed E-state index contributed by atoms with van der Waals surface area (Å²) in [6.45, 7) is 4.31. The number of benzene rings is 1. The summed E-state index contributed by atoms with van der Waals surface area (Å²) in [6, 6.07) is 10.9. The fourth-order valence-corrected chi connectivity index (χ4v) is 2.71.